The van der Waals surface area contributed by atoms with Crippen molar-refractivity contribution in [1.29, 1.82) is 0 Å². The van der Waals surface area contributed by atoms with Crippen molar-refractivity contribution < 1.29 is 49.0 Å². The number of fused-ring (bicyclic) bond motifs is 1. The zero-order valence-electron chi connectivity index (χ0n) is 21.0. The lowest BCUT2D eigenvalue weighted by molar-refractivity contribution is -0.137. The molecule has 1 amide bonds. The third-order valence-corrected chi connectivity index (χ3v) is 7.90. The molecule has 0 saturated heterocycles. The number of amides is 1. The van der Waals surface area contributed by atoms with Crippen molar-refractivity contribution in [3.05, 3.63) is 77.6 Å². The number of carbonyl (C=O) groups is 1. The maximum absolute atomic E-state index is 14.2. The van der Waals surface area contributed by atoms with E-state index in [1.807, 2.05) is 0 Å². The number of sulfonamides is 1. The van der Waals surface area contributed by atoms with Crippen LogP contribution in [0.2, 0.25) is 0 Å². The average molecular weight is 589 g/mol. The van der Waals surface area contributed by atoms with E-state index in [1.165, 1.54) is 30.2 Å². The molecule has 3 aromatic rings. The largest absolute Gasteiger partial charge is 0.435 e. The maximum Gasteiger partial charge on any atom is 0.416 e. The summed E-state index contributed by atoms with van der Waals surface area (Å²) in [5.74, 6) is -2.00. The van der Waals surface area contributed by atoms with E-state index >= 15 is 0 Å². The summed E-state index contributed by atoms with van der Waals surface area (Å²) in [4.78, 5) is 13.9. The van der Waals surface area contributed by atoms with E-state index in [4.69, 9.17) is 4.74 Å². The summed E-state index contributed by atoms with van der Waals surface area (Å²) < 4.78 is 117. The lowest BCUT2D eigenvalue weighted by Crippen LogP contribution is -2.53. The van der Waals surface area contributed by atoms with Gasteiger partial charge in [-0.2, -0.15) is 22.0 Å². The predicted molar refractivity (Wildman–Crippen MR) is 132 cm³/mol. The van der Waals surface area contributed by atoms with Crippen LogP contribution < -0.4 is 9.04 Å². The first-order valence-corrected chi connectivity index (χ1v) is 13.1. The lowest BCUT2D eigenvalue weighted by atomic mass is 10.00. The van der Waals surface area contributed by atoms with E-state index < -0.39 is 63.5 Å². The second kappa shape index (κ2) is 11.0. The summed E-state index contributed by atoms with van der Waals surface area (Å²) in [5, 5.41) is 0. The van der Waals surface area contributed by atoms with Crippen molar-refractivity contribution in [2.24, 2.45) is 0 Å². The van der Waals surface area contributed by atoms with Gasteiger partial charge in [-0.25, -0.2) is 17.1 Å². The summed E-state index contributed by atoms with van der Waals surface area (Å²) in [6, 6.07) is 9.20. The minimum absolute atomic E-state index is 0.0255. The molecule has 1 aliphatic heterocycles. The van der Waals surface area contributed by atoms with Gasteiger partial charge in [-0.15, -0.1) is 0 Å². The molecule has 0 radical (unpaired) electrons. The molecule has 0 fully saturated rings. The fourth-order valence-corrected chi connectivity index (χ4v) is 5.74. The molecule has 0 N–H and O–H groups in total. The third kappa shape index (κ3) is 5.87. The first kappa shape index (κ1) is 29.2. The SMILES string of the molecule is COCC(C)N1CN(S(=O)(=O)c2cccc(C(F)(F)F)c2)c2cc(-c3cc(F)cc(OC(F)F)c3)ccc2C1=O. The molecule has 1 atom stereocenters. The summed E-state index contributed by atoms with van der Waals surface area (Å²) >= 11 is 0. The standard InChI is InChI=1S/C26H22F6N2O5S/c1-15(13-38-2)33-14-34(40(36,37)21-5-3-4-18(11-21)26(30,31)32)23-10-16(6-7-22(23)24(33)35)17-8-19(27)12-20(9-17)39-25(28)29/h3-12,15,25H,13-14H2,1-2H3. The van der Waals surface area contributed by atoms with Crippen LogP contribution in [0.25, 0.3) is 11.1 Å². The van der Waals surface area contributed by atoms with Gasteiger partial charge < -0.3 is 14.4 Å². The van der Waals surface area contributed by atoms with Crippen molar-refractivity contribution in [1.82, 2.24) is 4.90 Å². The Labute approximate surface area is 225 Å². The van der Waals surface area contributed by atoms with Gasteiger partial charge in [0.2, 0.25) is 0 Å². The number of anilines is 1. The van der Waals surface area contributed by atoms with E-state index in [2.05, 4.69) is 4.74 Å². The normalized spacial score (nSPS) is 14.9. The molecule has 14 heteroatoms. The predicted octanol–water partition coefficient (Wildman–Crippen LogP) is 5.76. The van der Waals surface area contributed by atoms with Gasteiger partial charge in [0.15, 0.2) is 0 Å². The number of methoxy groups -OCH3 is 1. The Bertz CT molecular complexity index is 1530. The number of carbonyl (C=O) groups excluding carboxylic acids is 1. The molecule has 0 bridgehead atoms. The molecule has 0 spiro atoms. The molecule has 1 aliphatic rings. The van der Waals surface area contributed by atoms with Gasteiger partial charge in [0, 0.05) is 13.2 Å². The summed E-state index contributed by atoms with van der Waals surface area (Å²) in [5.41, 5.74) is -1.33. The summed E-state index contributed by atoms with van der Waals surface area (Å²) in [6.45, 7) is -2.16. The Balaban J connectivity index is 1.88. The smallest absolute Gasteiger partial charge is 0.416 e. The van der Waals surface area contributed by atoms with Crippen LogP contribution in [0.15, 0.2) is 65.6 Å². The Morgan fingerprint density at radius 3 is 2.38 bits per heavy atom. The number of hydrogen-bond donors (Lipinski definition) is 0. The molecule has 40 heavy (non-hydrogen) atoms. The quantitative estimate of drug-likeness (QED) is 0.313. The highest BCUT2D eigenvalue weighted by molar-refractivity contribution is 7.92. The van der Waals surface area contributed by atoms with Gasteiger partial charge in [0.25, 0.3) is 15.9 Å². The van der Waals surface area contributed by atoms with E-state index in [0.29, 0.717) is 6.07 Å². The number of ether oxygens (including phenoxy) is 2. The molecule has 214 valence electrons. The second-order valence-electron chi connectivity index (χ2n) is 8.89. The number of alkyl halides is 5. The molecule has 0 aliphatic carbocycles. The van der Waals surface area contributed by atoms with E-state index in [-0.39, 0.29) is 29.0 Å². The molecule has 4 rings (SSSR count). The second-order valence-corrected chi connectivity index (χ2v) is 10.7. The van der Waals surface area contributed by atoms with Crippen molar-refractivity contribution in [3.8, 4) is 16.9 Å². The Morgan fingerprint density at radius 2 is 1.73 bits per heavy atom. The molecule has 3 aromatic carbocycles. The Kier molecular flexibility index (Phi) is 8.04. The molecular formula is C26H22F6N2O5S. The first-order chi connectivity index (χ1) is 18.7. The van der Waals surface area contributed by atoms with Crippen LogP contribution in [0.5, 0.6) is 5.75 Å². The number of benzene rings is 3. The number of nitrogens with zero attached hydrogens (tertiary/aromatic N) is 2. The number of rotatable bonds is 8. The Morgan fingerprint density at radius 1 is 1.00 bits per heavy atom. The van der Waals surface area contributed by atoms with Gasteiger partial charge >= 0.3 is 12.8 Å². The monoisotopic (exact) mass is 588 g/mol. The highest BCUT2D eigenvalue weighted by Gasteiger charge is 2.39. The lowest BCUT2D eigenvalue weighted by Gasteiger charge is -2.40. The van der Waals surface area contributed by atoms with Crippen LogP contribution >= 0.6 is 0 Å². The van der Waals surface area contributed by atoms with E-state index in [9.17, 15) is 39.6 Å². The third-order valence-electron chi connectivity index (χ3n) is 6.16. The van der Waals surface area contributed by atoms with Gasteiger partial charge in [-0.05, 0) is 60.5 Å². The number of halogens is 6. The highest BCUT2D eigenvalue weighted by Crippen LogP contribution is 2.38. The fraction of sp³-hybridized carbons (Fsp3) is 0.269. The van der Waals surface area contributed by atoms with Crippen LogP contribution in [0, 0.1) is 5.82 Å². The molecule has 0 aromatic heterocycles. The van der Waals surface area contributed by atoms with Crippen molar-refractivity contribution in [3.63, 3.8) is 0 Å². The topological polar surface area (TPSA) is 76.2 Å². The summed E-state index contributed by atoms with van der Waals surface area (Å²) in [7, 11) is -3.31. The molecule has 1 heterocycles. The minimum atomic E-state index is -4.82. The Hall–Kier alpha value is -3.78. The molecular weight excluding hydrogens is 566 g/mol. The summed E-state index contributed by atoms with van der Waals surface area (Å²) in [6.07, 6.45) is -4.82. The first-order valence-electron chi connectivity index (χ1n) is 11.6. The molecule has 7 nitrogen and oxygen atoms in total. The minimum Gasteiger partial charge on any atom is -0.435 e. The maximum atomic E-state index is 14.2. The van der Waals surface area contributed by atoms with Crippen LogP contribution in [0.1, 0.15) is 22.8 Å². The van der Waals surface area contributed by atoms with E-state index in [0.717, 1.165) is 40.7 Å². The van der Waals surface area contributed by atoms with Gasteiger partial charge in [-0.1, -0.05) is 12.1 Å². The zero-order valence-corrected chi connectivity index (χ0v) is 21.8. The number of hydrogen-bond acceptors (Lipinski definition) is 5. The van der Waals surface area contributed by atoms with E-state index in [1.54, 1.807) is 6.92 Å². The van der Waals surface area contributed by atoms with Crippen LogP contribution in [-0.2, 0) is 20.9 Å². The van der Waals surface area contributed by atoms with Crippen molar-refractivity contribution in [2.45, 2.75) is 30.6 Å². The molecule has 1 unspecified atom stereocenters. The zero-order chi connectivity index (χ0) is 29.4. The van der Waals surface area contributed by atoms with Crippen LogP contribution in [-0.4, -0.2) is 52.3 Å². The van der Waals surface area contributed by atoms with Crippen LogP contribution in [0.4, 0.5) is 32.0 Å². The fourth-order valence-electron chi connectivity index (χ4n) is 4.27. The van der Waals surface area contributed by atoms with Crippen molar-refractivity contribution >= 4 is 21.6 Å². The van der Waals surface area contributed by atoms with Crippen molar-refractivity contribution in [2.75, 3.05) is 24.7 Å². The van der Waals surface area contributed by atoms with Gasteiger partial charge in [0.1, 0.15) is 18.2 Å². The molecule has 0 saturated carbocycles. The van der Waals surface area contributed by atoms with Gasteiger partial charge in [-0.3, -0.25) is 4.79 Å². The highest BCUT2D eigenvalue weighted by atomic mass is 32.2. The average Bonchev–Trinajstić information content (AvgIpc) is 2.87. The van der Waals surface area contributed by atoms with Crippen LogP contribution in [0.3, 0.4) is 0 Å². The van der Waals surface area contributed by atoms with Gasteiger partial charge in [0.05, 0.1) is 34.4 Å².